The Morgan fingerprint density at radius 1 is 0.882 bits per heavy atom. The molecule has 0 bridgehead atoms. The molecule has 0 amide bonds. The van der Waals surface area contributed by atoms with Gasteiger partial charge in [0.05, 0.1) is 12.2 Å². The van der Waals surface area contributed by atoms with Gasteiger partial charge in [0.2, 0.25) is 0 Å². The quantitative estimate of drug-likeness (QED) is 0.427. The molecule has 102 valence electrons. The van der Waals surface area contributed by atoms with Crippen LogP contribution in [0.5, 0.6) is 0 Å². The number of hydrogen-bond acceptors (Lipinski definition) is 2. The molecular weight excluding hydrogens is 212 g/mol. The van der Waals surface area contributed by atoms with Crippen LogP contribution in [0.4, 0.5) is 0 Å². The molecule has 0 aromatic carbocycles. The Labute approximate surface area is 107 Å². The number of allylic oxidation sites excluding steroid dienone is 1. The Morgan fingerprint density at radius 2 is 1.65 bits per heavy atom. The first kappa shape index (κ1) is 16.7. The van der Waals surface area contributed by atoms with E-state index in [2.05, 4.69) is 13.0 Å². The minimum atomic E-state index is -0.181. The van der Waals surface area contributed by atoms with Crippen LogP contribution in [0, 0.1) is 0 Å². The molecule has 0 spiro atoms. The van der Waals surface area contributed by atoms with Crippen LogP contribution in [0.25, 0.3) is 0 Å². The third-order valence-corrected chi connectivity index (χ3v) is 3.10. The van der Waals surface area contributed by atoms with Crippen molar-refractivity contribution in [2.75, 3.05) is 0 Å². The van der Waals surface area contributed by atoms with Gasteiger partial charge in [-0.15, -0.1) is 0 Å². The van der Waals surface area contributed by atoms with Crippen LogP contribution in [-0.2, 0) is 0 Å². The number of hydrogen-bond donors (Lipinski definition) is 2. The summed E-state index contributed by atoms with van der Waals surface area (Å²) < 4.78 is 0. The summed E-state index contributed by atoms with van der Waals surface area (Å²) >= 11 is 0. The van der Waals surface area contributed by atoms with Gasteiger partial charge in [0.25, 0.3) is 0 Å². The molecule has 0 aromatic heterocycles. The minimum absolute atomic E-state index is 0.168. The predicted molar refractivity (Wildman–Crippen MR) is 74.1 cm³/mol. The maximum atomic E-state index is 9.70. The van der Waals surface area contributed by atoms with Crippen LogP contribution in [0.15, 0.2) is 12.2 Å². The zero-order valence-corrected chi connectivity index (χ0v) is 11.6. The molecule has 0 saturated heterocycles. The highest BCUT2D eigenvalue weighted by molar-refractivity contribution is 4.84. The van der Waals surface area contributed by atoms with Gasteiger partial charge in [-0.25, -0.2) is 0 Å². The molecule has 0 aliphatic rings. The molecule has 2 atom stereocenters. The van der Waals surface area contributed by atoms with E-state index in [4.69, 9.17) is 0 Å². The van der Waals surface area contributed by atoms with E-state index in [-0.39, 0.29) is 12.2 Å². The van der Waals surface area contributed by atoms with Gasteiger partial charge in [-0.2, -0.15) is 0 Å². The fourth-order valence-corrected chi connectivity index (χ4v) is 1.79. The maximum Gasteiger partial charge on any atom is 0.0574 e. The highest BCUT2D eigenvalue weighted by atomic mass is 16.3. The summed E-state index contributed by atoms with van der Waals surface area (Å²) in [6.07, 6.45) is 12.9. The van der Waals surface area contributed by atoms with E-state index in [0.717, 1.165) is 38.5 Å². The van der Waals surface area contributed by atoms with Crippen molar-refractivity contribution in [3.63, 3.8) is 0 Å². The lowest BCUT2D eigenvalue weighted by Crippen LogP contribution is -2.04. The normalized spacial score (nSPS) is 15.3. The van der Waals surface area contributed by atoms with Gasteiger partial charge in [-0.3, -0.25) is 0 Å². The summed E-state index contributed by atoms with van der Waals surface area (Å²) in [7, 11) is 0. The van der Waals surface area contributed by atoms with Crippen LogP contribution < -0.4 is 0 Å². The van der Waals surface area contributed by atoms with Gasteiger partial charge in [0.15, 0.2) is 0 Å². The van der Waals surface area contributed by atoms with E-state index in [0.29, 0.717) is 0 Å². The molecule has 2 unspecified atom stereocenters. The standard InChI is InChI=1S/C15H30O2/c1-3-5-6-8-12-15(17)13-10-7-9-11-14(16)4-2/h7,10,14-17H,3-6,8-9,11-13H2,1-2H3/b10-7-. The lowest BCUT2D eigenvalue weighted by atomic mass is 10.1. The van der Waals surface area contributed by atoms with Crippen molar-refractivity contribution >= 4 is 0 Å². The van der Waals surface area contributed by atoms with Crippen molar-refractivity contribution < 1.29 is 10.2 Å². The Hall–Kier alpha value is -0.340. The lowest BCUT2D eigenvalue weighted by molar-refractivity contribution is 0.160. The molecule has 0 aliphatic carbocycles. The maximum absolute atomic E-state index is 9.70. The highest BCUT2D eigenvalue weighted by Crippen LogP contribution is 2.09. The Balaban J connectivity index is 3.36. The molecule has 0 fully saturated rings. The summed E-state index contributed by atoms with van der Waals surface area (Å²) in [4.78, 5) is 0. The number of unbranched alkanes of at least 4 members (excludes halogenated alkanes) is 3. The molecular formula is C15H30O2. The molecule has 0 radical (unpaired) electrons. The van der Waals surface area contributed by atoms with E-state index in [1.54, 1.807) is 0 Å². The molecule has 0 aromatic rings. The number of aliphatic hydroxyl groups is 2. The lowest BCUT2D eigenvalue weighted by Gasteiger charge is -2.07. The average Bonchev–Trinajstić information content (AvgIpc) is 2.34. The summed E-state index contributed by atoms with van der Waals surface area (Å²) in [5.41, 5.74) is 0. The predicted octanol–water partition coefficient (Wildman–Crippen LogP) is 3.82. The van der Waals surface area contributed by atoms with Crippen LogP contribution in [0.2, 0.25) is 0 Å². The van der Waals surface area contributed by atoms with Crippen LogP contribution in [0.1, 0.15) is 71.6 Å². The SMILES string of the molecule is CCCCCCC(O)C/C=C\CCC(O)CC. The van der Waals surface area contributed by atoms with Crippen LogP contribution >= 0.6 is 0 Å². The van der Waals surface area contributed by atoms with Crippen molar-refractivity contribution in [2.45, 2.75) is 83.8 Å². The number of aliphatic hydroxyl groups excluding tert-OH is 2. The first-order valence-corrected chi connectivity index (χ1v) is 7.21. The van der Waals surface area contributed by atoms with E-state index < -0.39 is 0 Å². The second-order valence-corrected chi connectivity index (χ2v) is 4.85. The van der Waals surface area contributed by atoms with E-state index >= 15 is 0 Å². The molecule has 17 heavy (non-hydrogen) atoms. The zero-order chi connectivity index (χ0) is 12.9. The average molecular weight is 242 g/mol. The third kappa shape index (κ3) is 11.9. The number of rotatable bonds is 11. The van der Waals surface area contributed by atoms with Crippen molar-refractivity contribution in [3.8, 4) is 0 Å². The molecule has 0 heterocycles. The topological polar surface area (TPSA) is 40.5 Å². The van der Waals surface area contributed by atoms with Gasteiger partial charge in [-0.05, 0) is 32.1 Å². The van der Waals surface area contributed by atoms with Gasteiger partial charge >= 0.3 is 0 Å². The fourth-order valence-electron chi connectivity index (χ4n) is 1.79. The van der Waals surface area contributed by atoms with E-state index in [9.17, 15) is 10.2 Å². The molecule has 0 rings (SSSR count). The Bertz CT molecular complexity index is 178. The first-order chi connectivity index (χ1) is 8.20. The van der Waals surface area contributed by atoms with Gasteiger partial charge in [0.1, 0.15) is 0 Å². The molecule has 2 heteroatoms. The zero-order valence-electron chi connectivity index (χ0n) is 11.6. The van der Waals surface area contributed by atoms with Crippen molar-refractivity contribution in [3.05, 3.63) is 12.2 Å². The van der Waals surface area contributed by atoms with Crippen LogP contribution in [-0.4, -0.2) is 22.4 Å². The summed E-state index contributed by atoms with van der Waals surface area (Å²) in [6, 6.07) is 0. The van der Waals surface area contributed by atoms with Gasteiger partial charge in [-0.1, -0.05) is 51.7 Å². The molecule has 0 saturated carbocycles. The van der Waals surface area contributed by atoms with Gasteiger partial charge < -0.3 is 10.2 Å². The Kier molecular flexibility index (Phi) is 11.9. The second kappa shape index (κ2) is 12.1. The monoisotopic (exact) mass is 242 g/mol. The molecule has 0 aliphatic heterocycles. The summed E-state index contributed by atoms with van der Waals surface area (Å²) in [5, 5.41) is 19.1. The van der Waals surface area contributed by atoms with Crippen LogP contribution in [0.3, 0.4) is 0 Å². The first-order valence-electron chi connectivity index (χ1n) is 7.21. The van der Waals surface area contributed by atoms with E-state index in [1.165, 1.54) is 19.3 Å². The van der Waals surface area contributed by atoms with Crippen molar-refractivity contribution in [1.29, 1.82) is 0 Å². The molecule has 2 N–H and O–H groups in total. The van der Waals surface area contributed by atoms with Gasteiger partial charge in [0, 0.05) is 0 Å². The summed E-state index contributed by atoms with van der Waals surface area (Å²) in [6.45, 7) is 4.19. The fraction of sp³-hybridized carbons (Fsp3) is 0.867. The second-order valence-electron chi connectivity index (χ2n) is 4.85. The van der Waals surface area contributed by atoms with Crippen molar-refractivity contribution in [1.82, 2.24) is 0 Å². The smallest absolute Gasteiger partial charge is 0.0574 e. The summed E-state index contributed by atoms with van der Waals surface area (Å²) in [5.74, 6) is 0. The highest BCUT2D eigenvalue weighted by Gasteiger charge is 2.01. The minimum Gasteiger partial charge on any atom is -0.393 e. The third-order valence-electron chi connectivity index (χ3n) is 3.10. The largest absolute Gasteiger partial charge is 0.393 e. The van der Waals surface area contributed by atoms with Crippen molar-refractivity contribution in [2.24, 2.45) is 0 Å². The Morgan fingerprint density at radius 3 is 2.29 bits per heavy atom. The van der Waals surface area contributed by atoms with E-state index in [1.807, 2.05) is 13.0 Å². The molecule has 2 nitrogen and oxygen atoms in total.